The van der Waals surface area contributed by atoms with Crippen LogP contribution < -0.4 is 20.3 Å². The number of nitrogens with zero attached hydrogens (tertiary/aromatic N) is 3. The van der Waals surface area contributed by atoms with Gasteiger partial charge in [0.2, 0.25) is 11.2 Å². The first-order valence-corrected chi connectivity index (χ1v) is 11.2. The maximum atomic E-state index is 15.7. The molecular weight excluding hydrogens is 469 g/mol. The molecule has 1 aliphatic heterocycles. The standard InChI is InChI=1S/C25H22F5N3O2/c1-4-9-24(5-2)19(22-32-13-31(3)12-17(32)23(34)35-22)14-11-15(26)20(25(28,29)30)21(27)18(14)16-8-6-7-10-33(16)24/h6-8,10-13H,4-5,9H2,1-3H3/q+2. The molecule has 0 amide bonds. The van der Waals surface area contributed by atoms with Gasteiger partial charge in [-0.3, -0.25) is 0 Å². The molecule has 4 heterocycles. The van der Waals surface area contributed by atoms with Crippen molar-refractivity contribution < 1.29 is 35.5 Å². The Morgan fingerprint density at radius 3 is 2.57 bits per heavy atom. The fourth-order valence-electron chi connectivity index (χ4n) is 5.42. The first-order chi connectivity index (χ1) is 16.5. The fraction of sp³-hybridized carbons (Fsp3) is 0.320. The van der Waals surface area contributed by atoms with Gasteiger partial charge in [0, 0.05) is 30.5 Å². The summed E-state index contributed by atoms with van der Waals surface area (Å²) in [6.07, 6.45) is 1.10. The van der Waals surface area contributed by atoms with Crippen LogP contribution in [0.2, 0.25) is 0 Å². The monoisotopic (exact) mass is 491 g/mol. The smallest absolute Gasteiger partial charge is 0.382 e. The zero-order chi connectivity index (χ0) is 25.3. The molecule has 0 aliphatic carbocycles. The molecule has 1 aliphatic rings. The number of aromatic nitrogens is 3. The summed E-state index contributed by atoms with van der Waals surface area (Å²) >= 11 is 0. The van der Waals surface area contributed by atoms with E-state index in [1.54, 1.807) is 47.0 Å². The number of halogens is 5. The summed E-state index contributed by atoms with van der Waals surface area (Å²) in [5, 5.41) is 0. The number of aryl methyl sites for hydroxylation is 1. The van der Waals surface area contributed by atoms with Crippen LogP contribution in [-0.4, -0.2) is 4.40 Å². The molecular formula is C25H22F5N3O2+2. The molecule has 0 N–H and O–H groups in total. The molecule has 0 radical (unpaired) electrons. The highest BCUT2D eigenvalue weighted by Gasteiger charge is 2.53. The van der Waals surface area contributed by atoms with Crippen molar-refractivity contribution in [1.82, 2.24) is 4.40 Å². The fourth-order valence-corrected chi connectivity index (χ4v) is 5.42. The van der Waals surface area contributed by atoms with E-state index >= 15 is 4.39 Å². The number of hydrogen-bond donors (Lipinski definition) is 0. The Morgan fingerprint density at radius 2 is 1.91 bits per heavy atom. The molecule has 1 atom stereocenters. The van der Waals surface area contributed by atoms with Crippen molar-refractivity contribution in [2.24, 2.45) is 7.05 Å². The molecule has 0 fully saturated rings. The predicted molar refractivity (Wildman–Crippen MR) is 115 cm³/mol. The van der Waals surface area contributed by atoms with Gasteiger partial charge in [0.15, 0.2) is 12.0 Å². The number of rotatable bonds is 3. The van der Waals surface area contributed by atoms with E-state index in [0.717, 1.165) is 6.07 Å². The Hall–Kier alpha value is -3.56. The lowest BCUT2D eigenvalue weighted by Gasteiger charge is -2.35. The third kappa shape index (κ3) is 3.15. The lowest BCUT2D eigenvalue weighted by molar-refractivity contribution is -0.742. The molecule has 0 spiro atoms. The number of imidazole rings is 1. The number of hydrogen-bond acceptors (Lipinski definition) is 2. The number of oxazole rings is 1. The summed E-state index contributed by atoms with van der Waals surface area (Å²) in [6, 6.07) is 5.53. The van der Waals surface area contributed by atoms with Crippen molar-refractivity contribution in [1.29, 1.82) is 0 Å². The Bertz CT molecular complexity index is 1600. The minimum atomic E-state index is -5.24. The first kappa shape index (κ1) is 23.2. The molecule has 5 rings (SSSR count). The summed E-state index contributed by atoms with van der Waals surface area (Å²) in [4.78, 5) is 12.7. The van der Waals surface area contributed by atoms with Crippen molar-refractivity contribution in [3.05, 3.63) is 81.7 Å². The van der Waals surface area contributed by atoms with Crippen LogP contribution in [0.1, 0.15) is 44.2 Å². The van der Waals surface area contributed by atoms with E-state index < -0.39 is 34.5 Å². The molecule has 0 saturated carbocycles. The van der Waals surface area contributed by atoms with E-state index in [-0.39, 0.29) is 33.5 Å². The number of pyridine rings is 1. The maximum Gasteiger partial charge on any atom is 0.422 e. The Labute approximate surface area is 196 Å². The third-order valence-corrected chi connectivity index (χ3v) is 6.78. The average Bonchev–Trinajstić information content (AvgIpc) is 3.30. The van der Waals surface area contributed by atoms with Gasteiger partial charge < -0.3 is 4.42 Å². The topological polar surface area (TPSA) is 42.4 Å². The number of alkyl halides is 3. The SMILES string of the molecule is CCCC1(CC)C(=c2oc(=O)c3c[n+](C)cn23)c2cc(F)c(C(F)(F)F)c(F)c2-c2cccc[n+]21. The summed E-state index contributed by atoms with van der Waals surface area (Å²) < 4.78 is 82.1. The van der Waals surface area contributed by atoms with Crippen LogP contribution >= 0.6 is 0 Å². The van der Waals surface area contributed by atoms with E-state index in [9.17, 15) is 22.4 Å². The van der Waals surface area contributed by atoms with Crippen LogP contribution in [0, 0.1) is 11.6 Å². The van der Waals surface area contributed by atoms with E-state index in [0.29, 0.717) is 19.3 Å². The van der Waals surface area contributed by atoms with Crippen molar-refractivity contribution >= 4 is 11.1 Å². The zero-order valence-electron chi connectivity index (χ0n) is 19.2. The van der Waals surface area contributed by atoms with Crippen LogP contribution in [0.25, 0.3) is 22.3 Å². The second-order valence-corrected chi connectivity index (χ2v) is 8.79. The van der Waals surface area contributed by atoms with Gasteiger partial charge in [-0.15, -0.1) is 0 Å². The summed E-state index contributed by atoms with van der Waals surface area (Å²) in [7, 11) is 1.70. The maximum absolute atomic E-state index is 15.7. The Morgan fingerprint density at radius 1 is 1.17 bits per heavy atom. The van der Waals surface area contributed by atoms with Crippen LogP contribution in [0.4, 0.5) is 22.0 Å². The first-order valence-electron chi connectivity index (χ1n) is 11.2. The van der Waals surface area contributed by atoms with Gasteiger partial charge in [0.25, 0.3) is 11.8 Å². The third-order valence-electron chi connectivity index (χ3n) is 6.78. The van der Waals surface area contributed by atoms with Gasteiger partial charge in [-0.1, -0.05) is 13.8 Å². The average molecular weight is 491 g/mol. The van der Waals surface area contributed by atoms with Crippen molar-refractivity contribution in [2.75, 3.05) is 0 Å². The number of benzene rings is 1. The van der Waals surface area contributed by atoms with E-state index in [4.69, 9.17) is 4.42 Å². The predicted octanol–water partition coefficient (Wildman–Crippen LogP) is 3.81. The van der Waals surface area contributed by atoms with Gasteiger partial charge >= 0.3 is 17.3 Å². The van der Waals surface area contributed by atoms with Crippen molar-refractivity contribution in [3.8, 4) is 11.3 Å². The molecule has 5 nitrogen and oxygen atoms in total. The molecule has 4 aromatic rings. The minimum Gasteiger partial charge on any atom is -0.382 e. The Kier molecular flexibility index (Phi) is 5.12. The van der Waals surface area contributed by atoms with Gasteiger partial charge in [-0.05, 0) is 18.6 Å². The summed E-state index contributed by atoms with van der Waals surface area (Å²) in [6.45, 7) is 3.82. The highest BCUT2D eigenvalue weighted by molar-refractivity contribution is 5.84. The van der Waals surface area contributed by atoms with Crippen LogP contribution in [0.5, 0.6) is 0 Å². The molecule has 1 unspecified atom stereocenters. The van der Waals surface area contributed by atoms with E-state index in [1.165, 1.54) is 10.5 Å². The van der Waals surface area contributed by atoms with Gasteiger partial charge in [-0.2, -0.15) is 22.1 Å². The molecule has 182 valence electrons. The van der Waals surface area contributed by atoms with Crippen molar-refractivity contribution in [2.45, 2.75) is 44.8 Å². The lowest BCUT2D eigenvalue weighted by Crippen LogP contribution is -2.61. The Balaban J connectivity index is 2.09. The van der Waals surface area contributed by atoms with Crippen LogP contribution in [-0.2, 0) is 18.8 Å². The molecule has 35 heavy (non-hydrogen) atoms. The van der Waals surface area contributed by atoms with Crippen LogP contribution in [0.3, 0.4) is 0 Å². The largest absolute Gasteiger partial charge is 0.422 e. The summed E-state index contributed by atoms with van der Waals surface area (Å²) in [5.74, 6) is -3.42. The van der Waals surface area contributed by atoms with Gasteiger partial charge in [0.1, 0.15) is 23.2 Å². The molecule has 10 heteroatoms. The highest BCUT2D eigenvalue weighted by atomic mass is 19.4. The van der Waals surface area contributed by atoms with E-state index in [1.807, 2.05) is 13.8 Å². The van der Waals surface area contributed by atoms with Crippen LogP contribution in [0.15, 0.2) is 52.2 Å². The molecule has 0 saturated heterocycles. The highest BCUT2D eigenvalue weighted by Crippen LogP contribution is 2.47. The normalized spacial score (nSPS) is 19.2. The second-order valence-electron chi connectivity index (χ2n) is 8.79. The van der Waals surface area contributed by atoms with Gasteiger partial charge in [0.05, 0.1) is 12.6 Å². The minimum absolute atomic E-state index is 0.0303. The molecule has 1 aromatic carbocycles. The van der Waals surface area contributed by atoms with Gasteiger partial charge in [-0.25, -0.2) is 18.1 Å². The lowest BCUT2D eigenvalue weighted by atomic mass is 9.73. The van der Waals surface area contributed by atoms with E-state index in [2.05, 4.69) is 0 Å². The molecule has 3 aromatic heterocycles. The summed E-state index contributed by atoms with van der Waals surface area (Å²) in [5.41, 5.74) is -3.33. The molecule has 0 bridgehead atoms. The zero-order valence-corrected chi connectivity index (χ0v) is 19.2. The second kappa shape index (κ2) is 7.73. The van der Waals surface area contributed by atoms with Crippen molar-refractivity contribution in [3.63, 3.8) is 0 Å². The number of fused-ring (bicyclic) bond motifs is 4. The quantitative estimate of drug-likeness (QED) is 0.323.